The lowest BCUT2D eigenvalue weighted by atomic mass is 10.5. The molecule has 52 valence electrons. The van der Waals surface area contributed by atoms with E-state index in [1.165, 1.54) is 6.33 Å². The average molecular weight is 135 g/mol. The maximum absolute atomic E-state index is 3.97. The van der Waals surface area contributed by atoms with Crippen molar-refractivity contribution in [3.8, 4) is 0 Å². The summed E-state index contributed by atoms with van der Waals surface area (Å²) in [6.07, 6.45) is 6.89. The van der Waals surface area contributed by atoms with Crippen LogP contribution in [0.2, 0.25) is 0 Å². The van der Waals surface area contributed by atoms with Crippen LogP contribution in [0, 0.1) is 0 Å². The van der Waals surface area contributed by atoms with Gasteiger partial charge in [-0.3, -0.25) is 0 Å². The van der Waals surface area contributed by atoms with Gasteiger partial charge in [0.05, 0.1) is 0 Å². The van der Waals surface area contributed by atoms with Gasteiger partial charge < -0.3 is 0 Å². The molecular formula is C7H9N3. The largest absolute Gasteiger partial charge is 0.222 e. The molecule has 0 fully saturated rings. The zero-order valence-electron chi connectivity index (χ0n) is 5.86. The molecule has 0 saturated carbocycles. The van der Waals surface area contributed by atoms with Gasteiger partial charge in [-0.1, -0.05) is 12.7 Å². The van der Waals surface area contributed by atoms with Crippen LogP contribution >= 0.6 is 0 Å². The predicted molar refractivity (Wildman–Crippen MR) is 41.1 cm³/mol. The van der Waals surface area contributed by atoms with Gasteiger partial charge in [0.25, 0.3) is 0 Å². The molecule has 0 amide bonds. The first-order chi connectivity index (χ1) is 4.88. The number of hydrogen-bond acceptors (Lipinski definition) is 2. The van der Waals surface area contributed by atoms with Crippen molar-refractivity contribution >= 4 is 12.3 Å². The van der Waals surface area contributed by atoms with E-state index in [1.807, 2.05) is 19.1 Å². The van der Waals surface area contributed by atoms with Crippen LogP contribution < -0.4 is 0 Å². The number of aromatic nitrogens is 3. The normalized spacial score (nSPS) is 10.5. The van der Waals surface area contributed by atoms with E-state index in [9.17, 15) is 0 Å². The van der Waals surface area contributed by atoms with Crippen molar-refractivity contribution in [3.05, 3.63) is 24.8 Å². The second-order valence-electron chi connectivity index (χ2n) is 1.75. The minimum atomic E-state index is 0.803. The van der Waals surface area contributed by atoms with Gasteiger partial charge in [-0.15, -0.1) is 0 Å². The molecular weight excluding hydrogens is 126 g/mol. The third-order valence-corrected chi connectivity index (χ3v) is 1.09. The van der Waals surface area contributed by atoms with Crippen LogP contribution in [0.5, 0.6) is 0 Å². The van der Waals surface area contributed by atoms with Crippen LogP contribution in [0.3, 0.4) is 0 Å². The highest BCUT2D eigenvalue weighted by Gasteiger charge is 1.92. The Hall–Kier alpha value is -1.38. The Labute approximate surface area is 59.7 Å². The highest BCUT2D eigenvalue weighted by molar-refractivity contribution is 5.42. The summed E-state index contributed by atoms with van der Waals surface area (Å²) in [4.78, 5) is 3.97. The van der Waals surface area contributed by atoms with E-state index in [0.29, 0.717) is 0 Å². The molecule has 0 radical (unpaired) electrons. The highest BCUT2D eigenvalue weighted by atomic mass is 15.3. The van der Waals surface area contributed by atoms with Crippen molar-refractivity contribution in [2.24, 2.45) is 0 Å². The van der Waals surface area contributed by atoms with Gasteiger partial charge in [0.1, 0.15) is 6.33 Å². The molecule has 1 aromatic heterocycles. The summed E-state index contributed by atoms with van der Waals surface area (Å²) in [6.45, 7) is 5.51. The molecule has 0 aliphatic carbocycles. The molecule has 0 atom stereocenters. The van der Waals surface area contributed by atoms with E-state index < -0.39 is 0 Å². The third-order valence-electron chi connectivity index (χ3n) is 1.09. The summed E-state index contributed by atoms with van der Waals surface area (Å²) in [5.41, 5.74) is 0. The van der Waals surface area contributed by atoms with E-state index >= 15 is 0 Å². The summed E-state index contributed by atoms with van der Waals surface area (Å²) in [5.74, 6) is 0.803. The second-order valence-corrected chi connectivity index (χ2v) is 1.75. The molecule has 0 unspecified atom stereocenters. The van der Waals surface area contributed by atoms with Crippen molar-refractivity contribution in [1.29, 1.82) is 0 Å². The Bertz CT molecular complexity index is 247. The van der Waals surface area contributed by atoms with Crippen molar-refractivity contribution in [2.45, 2.75) is 6.92 Å². The van der Waals surface area contributed by atoms with E-state index in [1.54, 1.807) is 10.9 Å². The summed E-state index contributed by atoms with van der Waals surface area (Å²) in [7, 11) is 0. The standard InChI is InChI=1S/C7H9N3/c1-3-5-7-8-6-9-10(7)4-2/h3-6H,2H2,1H3/b5-3-. The molecule has 1 rings (SSSR count). The predicted octanol–water partition coefficient (Wildman–Crippen LogP) is 1.41. The molecule has 1 heterocycles. The minimum absolute atomic E-state index is 0.803. The van der Waals surface area contributed by atoms with Crippen molar-refractivity contribution in [2.75, 3.05) is 0 Å². The van der Waals surface area contributed by atoms with E-state index in [0.717, 1.165) is 5.82 Å². The average Bonchev–Trinajstić information content (AvgIpc) is 2.36. The SMILES string of the molecule is C=Cn1ncnc1/C=C\C. The van der Waals surface area contributed by atoms with E-state index in [4.69, 9.17) is 0 Å². The summed E-state index contributed by atoms with van der Waals surface area (Å²) in [5, 5.41) is 3.89. The van der Waals surface area contributed by atoms with E-state index in [-0.39, 0.29) is 0 Å². The Kier molecular flexibility index (Phi) is 1.99. The fraction of sp³-hybridized carbons (Fsp3) is 0.143. The molecule has 3 nitrogen and oxygen atoms in total. The van der Waals surface area contributed by atoms with Crippen LogP contribution in [0.25, 0.3) is 12.3 Å². The summed E-state index contributed by atoms with van der Waals surface area (Å²) >= 11 is 0. The van der Waals surface area contributed by atoms with Gasteiger partial charge in [0.2, 0.25) is 0 Å². The Balaban J connectivity index is 3.00. The van der Waals surface area contributed by atoms with Crippen LogP contribution in [0.15, 0.2) is 19.0 Å². The minimum Gasteiger partial charge on any atom is -0.222 e. The van der Waals surface area contributed by atoms with Crippen molar-refractivity contribution in [1.82, 2.24) is 14.8 Å². The van der Waals surface area contributed by atoms with Crippen LogP contribution in [-0.2, 0) is 0 Å². The van der Waals surface area contributed by atoms with Gasteiger partial charge in [0.15, 0.2) is 5.82 Å². The molecule has 0 aliphatic heterocycles. The van der Waals surface area contributed by atoms with Crippen LogP contribution in [0.1, 0.15) is 12.7 Å². The molecule has 0 aromatic carbocycles. The molecule has 3 heteroatoms. The Morgan fingerprint density at radius 1 is 1.70 bits per heavy atom. The van der Waals surface area contributed by atoms with Gasteiger partial charge >= 0.3 is 0 Å². The van der Waals surface area contributed by atoms with Crippen molar-refractivity contribution < 1.29 is 0 Å². The lowest BCUT2D eigenvalue weighted by molar-refractivity contribution is 0.924. The number of hydrogen-bond donors (Lipinski definition) is 0. The first-order valence-electron chi connectivity index (χ1n) is 3.03. The smallest absolute Gasteiger partial charge is 0.154 e. The zero-order valence-corrected chi connectivity index (χ0v) is 5.86. The lowest BCUT2D eigenvalue weighted by Gasteiger charge is -1.90. The van der Waals surface area contributed by atoms with Gasteiger partial charge in [-0.05, 0) is 13.0 Å². The molecule has 0 bridgehead atoms. The number of allylic oxidation sites excluding steroid dienone is 1. The fourth-order valence-corrected chi connectivity index (χ4v) is 0.668. The number of rotatable bonds is 2. The molecule has 1 aromatic rings. The summed E-state index contributed by atoms with van der Waals surface area (Å²) in [6, 6.07) is 0. The zero-order chi connectivity index (χ0) is 7.40. The van der Waals surface area contributed by atoms with Crippen molar-refractivity contribution in [3.63, 3.8) is 0 Å². The quantitative estimate of drug-likeness (QED) is 0.613. The maximum Gasteiger partial charge on any atom is 0.154 e. The fourth-order valence-electron chi connectivity index (χ4n) is 0.668. The van der Waals surface area contributed by atoms with Crippen LogP contribution in [-0.4, -0.2) is 14.8 Å². The Morgan fingerprint density at radius 2 is 2.50 bits per heavy atom. The maximum atomic E-state index is 3.97. The summed E-state index contributed by atoms with van der Waals surface area (Å²) < 4.78 is 1.61. The molecule has 0 spiro atoms. The number of nitrogens with zero attached hydrogens (tertiary/aromatic N) is 3. The van der Waals surface area contributed by atoms with Crippen LogP contribution in [0.4, 0.5) is 0 Å². The second kappa shape index (κ2) is 2.96. The Morgan fingerprint density at radius 3 is 3.10 bits per heavy atom. The molecule has 0 saturated heterocycles. The highest BCUT2D eigenvalue weighted by Crippen LogP contribution is 1.95. The lowest BCUT2D eigenvalue weighted by Crippen LogP contribution is -1.90. The van der Waals surface area contributed by atoms with E-state index in [2.05, 4.69) is 16.7 Å². The molecule has 0 N–H and O–H groups in total. The third kappa shape index (κ3) is 1.13. The first kappa shape index (κ1) is 6.74. The first-order valence-corrected chi connectivity index (χ1v) is 3.03. The van der Waals surface area contributed by atoms with Gasteiger partial charge in [-0.25, -0.2) is 9.67 Å². The molecule has 0 aliphatic rings. The van der Waals surface area contributed by atoms with Gasteiger partial charge in [0, 0.05) is 6.20 Å². The monoisotopic (exact) mass is 135 g/mol. The van der Waals surface area contributed by atoms with Gasteiger partial charge in [-0.2, -0.15) is 5.10 Å². The molecule has 10 heavy (non-hydrogen) atoms. The topological polar surface area (TPSA) is 30.7 Å².